The predicted octanol–water partition coefficient (Wildman–Crippen LogP) is 3.66. The van der Waals surface area contributed by atoms with Crippen LogP contribution in [0, 0.1) is 17.1 Å². The summed E-state index contributed by atoms with van der Waals surface area (Å²) in [5.74, 6) is -0.380. The highest BCUT2D eigenvalue weighted by molar-refractivity contribution is 6.30. The van der Waals surface area contributed by atoms with Crippen LogP contribution in [0.3, 0.4) is 0 Å². The number of carbonyl (C=O) groups is 1. The second-order valence-electron chi connectivity index (χ2n) is 10.1. The first-order valence-electron chi connectivity index (χ1n) is 13.3. The van der Waals surface area contributed by atoms with Gasteiger partial charge in [-0.3, -0.25) is 4.90 Å². The zero-order valence-corrected chi connectivity index (χ0v) is 23.6. The third kappa shape index (κ3) is 6.43. The highest BCUT2D eigenvalue weighted by atomic mass is 35.5. The molecule has 11 nitrogen and oxygen atoms in total. The number of amides is 1. The van der Waals surface area contributed by atoms with Crippen LogP contribution in [0.4, 0.5) is 15.0 Å². The molecular weight excluding hydrogens is 553 g/mol. The first-order valence-corrected chi connectivity index (χ1v) is 13.7. The van der Waals surface area contributed by atoms with Crippen LogP contribution in [0.5, 0.6) is 6.01 Å². The van der Waals surface area contributed by atoms with Crippen LogP contribution < -0.4 is 9.64 Å². The Morgan fingerprint density at radius 3 is 2.73 bits per heavy atom. The van der Waals surface area contributed by atoms with Gasteiger partial charge in [0, 0.05) is 45.5 Å². The van der Waals surface area contributed by atoms with Gasteiger partial charge in [-0.15, -0.1) is 0 Å². The van der Waals surface area contributed by atoms with Gasteiger partial charge in [0.2, 0.25) is 0 Å². The van der Waals surface area contributed by atoms with Gasteiger partial charge >= 0.3 is 12.1 Å². The molecule has 0 unspecified atom stereocenters. The van der Waals surface area contributed by atoms with E-state index in [2.05, 4.69) is 25.9 Å². The number of methoxy groups -OCH3 is 1. The number of nitriles is 1. The number of pyridine rings is 1. The lowest BCUT2D eigenvalue weighted by Gasteiger charge is -2.40. The van der Waals surface area contributed by atoms with Crippen LogP contribution in [0.2, 0.25) is 5.15 Å². The number of hydrogen-bond acceptors (Lipinski definition) is 10. The zero-order valence-electron chi connectivity index (χ0n) is 22.9. The van der Waals surface area contributed by atoms with E-state index in [0.717, 1.165) is 18.5 Å². The summed E-state index contributed by atoms with van der Waals surface area (Å²) in [6.45, 7) is 2.10. The van der Waals surface area contributed by atoms with Gasteiger partial charge < -0.3 is 24.0 Å². The van der Waals surface area contributed by atoms with Crippen LogP contribution in [-0.2, 0) is 16.1 Å². The number of likely N-dealkylation sites (N-methyl/N-ethyl adjacent to an activating group) is 1. The van der Waals surface area contributed by atoms with E-state index in [9.17, 15) is 10.1 Å². The molecule has 41 heavy (non-hydrogen) atoms. The molecule has 13 heteroatoms. The molecule has 0 bridgehead atoms. The number of halogens is 2. The van der Waals surface area contributed by atoms with E-state index in [1.54, 1.807) is 12.0 Å². The number of rotatable bonds is 8. The summed E-state index contributed by atoms with van der Waals surface area (Å²) in [6.07, 6.45) is 1.90. The second-order valence-corrected chi connectivity index (χ2v) is 10.5. The molecule has 3 aromatic rings. The molecule has 5 rings (SSSR count). The maximum Gasteiger partial charge on any atom is 0.410 e. The molecule has 0 N–H and O–H groups in total. The van der Waals surface area contributed by atoms with Crippen molar-refractivity contribution < 1.29 is 23.4 Å². The molecular formula is C28H31ClFN7O4. The number of fused-ring (bicyclic) bond motifs is 1. The number of piperazine rings is 1. The number of hydrogen-bond donors (Lipinski definition) is 0. The lowest BCUT2D eigenvalue weighted by atomic mass is 10.1. The molecule has 0 aliphatic carbocycles. The van der Waals surface area contributed by atoms with Crippen molar-refractivity contribution in [2.75, 3.05) is 51.8 Å². The van der Waals surface area contributed by atoms with Crippen molar-refractivity contribution >= 4 is 34.4 Å². The summed E-state index contributed by atoms with van der Waals surface area (Å²) >= 11 is 5.99. The quantitative estimate of drug-likeness (QED) is 0.364. The van der Waals surface area contributed by atoms with Crippen molar-refractivity contribution in [3.05, 3.63) is 53.1 Å². The summed E-state index contributed by atoms with van der Waals surface area (Å²) in [5.41, 5.74) is 0.854. The van der Waals surface area contributed by atoms with E-state index in [0.29, 0.717) is 24.4 Å². The molecule has 2 saturated heterocycles. The van der Waals surface area contributed by atoms with E-state index < -0.39 is 18.0 Å². The first kappa shape index (κ1) is 28.7. The van der Waals surface area contributed by atoms with E-state index >= 15 is 4.39 Å². The van der Waals surface area contributed by atoms with Crippen molar-refractivity contribution in [1.82, 2.24) is 24.8 Å². The summed E-state index contributed by atoms with van der Waals surface area (Å²) in [7, 11) is 3.67. The summed E-state index contributed by atoms with van der Waals surface area (Å²) in [4.78, 5) is 31.5. The third-order valence-corrected chi connectivity index (χ3v) is 7.80. The average Bonchev–Trinajstić information content (AvgIpc) is 3.36. The highest BCUT2D eigenvalue weighted by Gasteiger charge is 2.34. The normalized spacial score (nSPS) is 21.2. The van der Waals surface area contributed by atoms with Crippen LogP contribution in [0.25, 0.3) is 10.9 Å². The van der Waals surface area contributed by atoms with E-state index in [-0.39, 0.29) is 54.9 Å². The van der Waals surface area contributed by atoms with Crippen LogP contribution in [-0.4, -0.2) is 96.0 Å². The van der Waals surface area contributed by atoms with Gasteiger partial charge in [0.05, 0.1) is 30.0 Å². The lowest BCUT2D eigenvalue weighted by Crippen LogP contribution is -2.55. The minimum Gasteiger partial charge on any atom is -0.462 e. The molecule has 1 amide bonds. The molecule has 0 spiro atoms. The molecule has 2 aliphatic heterocycles. The Hall–Kier alpha value is -3.79. The number of ether oxygens (including phenoxy) is 3. The molecule has 4 heterocycles. The first-order chi connectivity index (χ1) is 19.9. The number of benzene rings is 1. The molecule has 0 saturated carbocycles. The maximum absolute atomic E-state index is 15.1. The van der Waals surface area contributed by atoms with E-state index in [1.807, 2.05) is 42.3 Å². The van der Waals surface area contributed by atoms with Crippen LogP contribution >= 0.6 is 11.6 Å². The average molecular weight is 584 g/mol. The molecule has 1 aromatic carbocycles. The Labute approximate surface area is 242 Å². The van der Waals surface area contributed by atoms with Gasteiger partial charge in [-0.2, -0.15) is 15.2 Å². The minimum atomic E-state index is -0.771. The number of aromatic nitrogens is 3. The predicted molar refractivity (Wildman–Crippen MR) is 149 cm³/mol. The Bertz CT molecular complexity index is 1430. The fraction of sp³-hybridized carbons (Fsp3) is 0.464. The van der Waals surface area contributed by atoms with Crippen molar-refractivity contribution in [3.63, 3.8) is 0 Å². The molecule has 216 valence electrons. The summed E-state index contributed by atoms with van der Waals surface area (Å²) in [5, 5.41) is 9.57. The SMILES string of the molecule is CO[C@@H]1C[C@@H](COc2nc(N3CCN(C(=O)OCc4ccccc4)[C@@H](CC#N)C3)c3cnc(Cl)c(F)c3n2)N(C)C1. The fourth-order valence-corrected chi connectivity index (χ4v) is 5.38. The van der Waals surface area contributed by atoms with Crippen molar-refractivity contribution in [2.24, 2.45) is 0 Å². The van der Waals surface area contributed by atoms with E-state index in [4.69, 9.17) is 25.8 Å². The number of carbonyl (C=O) groups excluding carboxylic acids is 1. The molecule has 2 aliphatic rings. The molecule has 3 atom stereocenters. The number of nitrogens with zero attached hydrogens (tertiary/aromatic N) is 7. The van der Waals surface area contributed by atoms with Gasteiger partial charge in [-0.05, 0) is 19.0 Å². The summed E-state index contributed by atoms with van der Waals surface area (Å²) in [6, 6.07) is 11.1. The minimum absolute atomic E-state index is 0.00414. The Morgan fingerprint density at radius 1 is 1.20 bits per heavy atom. The van der Waals surface area contributed by atoms with Crippen LogP contribution in [0.1, 0.15) is 18.4 Å². The smallest absolute Gasteiger partial charge is 0.410 e. The van der Waals surface area contributed by atoms with Crippen molar-refractivity contribution in [3.8, 4) is 12.1 Å². The molecule has 0 radical (unpaired) electrons. The Morgan fingerprint density at radius 2 is 2.00 bits per heavy atom. The largest absolute Gasteiger partial charge is 0.462 e. The highest BCUT2D eigenvalue weighted by Crippen LogP contribution is 2.32. The zero-order chi connectivity index (χ0) is 28.9. The lowest BCUT2D eigenvalue weighted by molar-refractivity contribution is 0.0768. The Balaban J connectivity index is 1.36. The molecule has 2 fully saturated rings. The van der Waals surface area contributed by atoms with Crippen molar-refractivity contribution in [1.29, 1.82) is 5.26 Å². The van der Waals surface area contributed by atoms with Gasteiger partial charge in [-0.25, -0.2) is 14.2 Å². The standard InChI is InChI=1S/C28H31ClFN7O4/c1-35-15-21(39-2)12-20(35)17-40-27-33-24-22(13-32-25(29)23(24)30)26(34-27)36-10-11-37(19(14-36)8-9-31)28(38)41-16-18-6-4-3-5-7-18/h3-7,13,19-21H,8,10-12,14-17H2,1-2H3/t19-,20-,21+/m0/s1. The van der Waals surface area contributed by atoms with Crippen LogP contribution in [0.15, 0.2) is 36.5 Å². The summed E-state index contributed by atoms with van der Waals surface area (Å²) < 4.78 is 32.1. The topological polar surface area (TPSA) is 117 Å². The molecule has 2 aromatic heterocycles. The second kappa shape index (κ2) is 12.8. The van der Waals surface area contributed by atoms with Gasteiger partial charge in [-0.1, -0.05) is 41.9 Å². The van der Waals surface area contributed by atoms with E-state index in [1.165, 1.54) is 6.20 Å². The number of likely N-dealkylation sites (tertiary alicyclic amines) is 1. The Kier molecular flexibility index (Phi) is 8.97. The van der Waals surface area contributed by atoms with Gasteiger partial charge in [0.1, 0.15) is 24.5 Å². The van der Waals surface area contributed by atoms with Gasteiger partial charge in [0.25, 0.3) is 0 Å². The third-order valence-electron chi connectivity index (χ3n) is 7.54. The fourth-order valence-electron chi connectivity index (χ4n) is 5.24. The van der Waals surface area contributed by atoms with Gasteiger partial charge in [0.15, 0.2) is 11.0 Å². The monoisotopic (exact) mass is 583 g/mol. The van der Waals surface area contributed by atoms with Crippen molar-refractivity contribution in [2.45, 2.75) is 37.6 Å². The number of anilines is 1. The maximum atomic E-state index is 15.1.